The Morgan fingerprint density at radius 2 is 2.24 bits per heavy atom. The summed E-state index contributed by atoms with van der Waals surface area (Å²) in [6, 6.07) is 7.44. The molecule has 17 heavy (non-hydrogen) atoms. The molecule has 0 fully saturated rings. The zero-order chi connectivity index (χ0) is 12.3. The molecule has 0 aliphatic rings. The van der Waals surface area contributed by atoms with Gasteiger partial charge in [-0.1, -0.05) is 6.07 Å². The highest BCUT2D eigenvalue weighted by atomic mass is 16.5. The van der Waals surface area contributed by atoms with E-state index in [0.717, 1.165) is 5.69 Å². The molecule has 0 aromatic carbocycles. The van der Waals surface area contributed by atoms with Gasteiger partial charge in [0.05, 0.1) is 19.3 Å². The molecular formula is C13H14N2O2. The predicted octanol–water partition coefficient (Wildman–Crippen LogP) is 2.14. The lowest BCUT2D eigenvalue weighted by Gasteiger charge is -2.04. The van der Waals surface area contributed by atoms with Gasteiger partial charge in [-0.05, 0) is 19.1 Å². The number of carbonyl (C=O) groups is 1. The summed E-state index contributed by atoms with van der Waals surface area (Å²) in [6.07, 6.45) is 3.70. The van der Waals surface area contributed by atoms with Gasteiger partial charge in [-0.25, -0.2) is 4.98 Å². The summed E-state index contributed by atoms with van der Waals surface area (Å²) < 4.78 is 6.99. The van der Waals surface area contributed by atoms with Crippen molar-refractivity contribution in [2.45, 2.75) is 13.5 Å². The fraction of sp³-hybridized carbons (Fsp3) is 0.231. The van der Waals surface area contributed by atoms with Crippen LogP contribution in [0.1, 0.15) is 23.0 Å². The van der Waals surface area contributed by atoms with E-state index in [1.165, 1.54) is 0 Å². The average molecular weight is 230 g/mol. The maximum atomic E-state index is 11.2. The van der Waals surface area contributed by atoms with Crippen LogP contribution in [0.5, 0.6) is 5.88 Å². The zero-order valence-corrected chi connectivity index (χ0v) is 9.88. The lowest BCUT2D eigenvalue weighted by Crippen LogP contribution is -2.00. The Hall–Kier alpha value is -2.10. The van der Waals surface area contributed by atoms with Crippen LogP contribution in [0.3, 0.4) is 0 Å². The highest BCUT2D eigenvalue weighted by molar-refractivity contribution is 5.93. The Balaban J connectivity index is 2.16. The van der Waals surface area contributed by atoms with Gasteiger partial charge in [0.1, 0.15) is 0 Å². The molecule has 2 aromatic heterocycles. The van der Waals surface area contributed by atoms with E-state index in [1.54, 1.807) is 20.1 Å². The van der Waals surface area contributed by atoms with Crippen molar-refractivity contribution < 1.29 is 9.53 Å². The Bertz CT molecular complexity index is 532. The van der Waals surface area contributed by atoms with Crippen LogP contribution < -0.4 is 4.74 Å². The van der Waals surface area contributed by atoms with E-state index in [9.17, 15) is 4.79 Å². The van der Waals surface area contributed by atoms with Crippen molar-refractivity contribution in [2.24, 2.45) is 0 Å². The van der Waals surface area contributed by atoms with E-state index in [1.807, 2.05) is 35.2 Å². The molecule has 2 aromatic rings. The summed E-state index contributed by atoms with van der Waals surface area (Å²) in [4.78, 5) is 15.5. The number of ether oxygens (including phenoxy) is 1. The summed E-state index contributed by atoms with van der Waals surface area (Å²) >= 11 is 0. The zero-order valence-electron chi connectivity index (χ0n) is 9.88. The summed E-state index contributed by atoms with van der Waals surface area (Å²) in [5.74, 6) is 0.670. The van der Waals surface area contributed by atoms with E-state index in [4.69, 9.17) is 4.74 Å². The lowest BCUT2D eigenvalue weighted by molar-refractivity contribution is 0.101. The molecule has 0 N–H and O–H groups in total. The van der Waals surface area contributed by atoms with Crippen LogP contribution in [0, 0.1) is 0 Å². The summed E-state index contributed by atoms with van der Waals surface area (Å²) in [5, 5.41) is 0. The molecule has 0 unspecified atom stereocenters. The molecule has 0 bridgehead atoms. The van der Waals surface area contributed by atoms with Crippen molar-refractivity contribution in [3.63, 3.8) is 0 Å². The fourth-order valence-corrected chi connectivity index (χ4v) is 1.59. The van der Waals surface area contributed by atoms with Crippen molar-refractivity contribution in [2.75, 3.05) is 7.11 Å². The first-order chi connectivity index (χ1) is 8.19. The Labute approximate surface area is 99.9 Å². The second-order valence-corrected chi connectivity index (χ2v) is 3.80. The molecular weight excluding hydrogens is 216 g/mol. The number of rotatable bonds is 4. The molecule has 0 saturated carbocycles. The van der Waals surface area contributed by atoms with Crippen LogP contribution in [0.4, 0.5) is 0 Å². The maximum absolute atomic E-state index is 11.2. The van der Waals surface area contributed by atoms with E-state index in [0.29, 0.717) is 18.0 Å². The molecule has 0 aliphatic carbocycles. The number of ketones is 1. The normalized spacial score (nSPS) is 10.2. The molecule has 4 heteroatoms. The van der Waals surface area contributed by atoms with Crippen LogP contribution in [-0.4, -0.2) is 22.4 Å². The third-order valence-corrected chi connectivity index (χ3v) is 2.49. The first-order valence-electron chi connectivity index (χ1n) is 5.35. The van der Waals surface area contributed by atoms with Crippen molar-refractivity contribution >= 4 is 5.78 Å². The van der Waals surface area contributed by atoms with Crippen molar-refractivity contribution in [1.29, 1.82) is 0 Å². The number of hydrogen-bond acceptors (Lipinski definition) is 3. The van der Waals surface area contributed by atoms with Gasteiger partial charge in [-0.15, -0.1) is 0 Å². The van der Waals surface area contributed by atoms with Gasteiger partial charge in [0.15, 0.2) is 5.78 Å². The Kier molecular flexibility index (Phi) is 3.23. The molecule has 2 heterocycles. The molecule has 0 amide bonds. The van der Waals surface area contributed by atoms with Gasteiger partial charge in [0.25, 0.3) is 0 Å². The molecule has 0 aliphatic heterocycles. The molecule has 2 rings (SSSR count). The Morgan fingerprint density at radius 3 is 2.88 bits per heavy atom. The van der Waals surface area contributed by atoms with Crippen molar-refractivity contribution in [1.82, 2.24) is 9.55 Å². The number of nitrogens with zero attached hydrogens (tertiary/aromatic N) is 2. The number of Topliss-reactive ketones (excluding diaryl/α,β-unsaturated/α-hetero) is 1. The van der Waals surface area contributed by atoms with Gasteiger partial charge in [-0.2, -0.15) is 0 Å². The number of aromatic nitrogens is 2. The number of hydrogen-bond donors (Lipinski definition) is 0. The highest BCUT2D eigenvalue weighted by Gasteiger charge is 2.03. The van der Waals surface area contributed by atoms with Crippen LogP contribution in [0.25, 0.3) is 0 Å². The minimum Gasteiger partial charge on any atom is -0.481 e. The molecule has 4 nitrogen and oxygen atoms in total. The van der Waals surface area contributed by atoms with Crippen LogP contribution >= 0.6 is 0 Å². The molecule has 0 saturated heterocycles. The second kappa shape index (κ2) is 4.82. The minimum absolute atomic E-state index is 0.0716. The second-order valence-electron chi connectivity index (χ2n) is 3.80. The van der Waals surface area contributed by atoms with Crippen molar-refractivity contribution in [3.05, 3.63) is 47.9 Å². The smallest absolute Gasteiger partial charge is 0.213 e. The minimum atomic E-state index is 0.0716. The quantitative estimate of drug-likeness (QED) is 0.756. The number of methoxy groups -OCH3 is 1. The molecule has 0 radical (unpaired) electrons. The fourth-order valence-electron chi connectivity index (χ4n) is 1.59. The number of carbonyl (C=O) groups excluding carboxylic acids is 1. The summed E-state index contributed by atoms with van der Waals surface area (Å²) in [5.41, 5.74) is 1.61. The van der Waals surface area contributed by atoms with Crippen LogP contribution in [0.15, 0.2) is 36.7 Å². The van der Waals surface area contributed by atoms with Gasteiger partial charge < -0.3 is 9.30 Å². The van der Waals surface area contributed by atoms with Gasteiger partial charge in [-0.3, -0.25) is 4.79 Å². The van der Waals surface area contributed by atoms with Gasteiger partial charge in [0.2, 0.25) is 5.88 Å². The maximum Gasteiger partial charge on any atom is 0.213 e. The topological polar surface area (TPSA) is 44.1 Å². The summed E-state index contributed by atoms with van der Waals surface area (Å²) in [6.45, 7) is 2.19. The SMILES string of the molecule is COc1cccc(Cn2ccc(C(C)=O)c2)n1. The average Bonchev–Trinajstić information content (AvgIpc) is 2.78. The Morgan fingerprint density at radius 1 is 1.41 bits per heavy atom. The van der Waals surface area contributed by atoms with Crippen molar-refractivity contribution in [3.8, 4) is 5.88 Å². The molecule has 0 spiro atoms. The predicted molar refractivity (Wildman–Crippen MR) is 64.3 cm³/mol. The summed E-state index contributed by atoms with van der Waals surface area (Å²) in [7, 11) is 1.59. The van der Waals surface area contributed by atoms with Gasteiger partial charge in [0, 0.05) is 24.0 Å². The third kappa shape index (κ3) is 2.72. The van der Waals surface area contributed by atoms with E-state index in [2.05, 4.69) is 4.98 Å². The lowest BCUT2D eigenvalue weighted by atomic mass is 10.2. The number of pyridine rings is 1. The largest absolute Gasteiger partial charge is 0.481 e. The first-order valence-corrected chi connectivity index (χ1v) is 5.35. The van der Waals surface area contributed by atoms with E-state index < -0.39 is 0 Å². The van der Waals surface area contributed by atoms with Crippen LogP contribution in [-0.2, 0) is 6.54 Å². The van der Waals surface area contributed by atoms with Gasteiger partial charge >= 0.3 is 0 Å². The van der Waals surface area contributed by atoms with E-state index in [-0.39, 0.29) is 5.78 Å². The highest BCUT2D eigenvalue weighted by Crippen LogP contribution is 2.09. The standard InChI is InChI=1S/C13H14N2O2/c1-10(16)11-6-7-15(8-11)9-12-4-3-5-13(14-12)17-2/h3-8H,9H2,1-2H3. The molecule has 88 valence electrons. The van der Waals surface area contributed by atoms with Crippen LogP contribution in [0.2, 0.25) is 0 Å². The first kappa shape index (κ1) is 11.4. The monoisotopic (exact) mass is 230 g/mol. The van der Waals surface area contributed by atoms with E-state index >= 15 is 0 Å². The third-order valence-electron chi connectivity index (χ3n) is 2.49. The molecule has 0 atom stereocenters.